The summed E-state index contributed by atoms with van der Waals surface area (Å²) in [6.45, 7) is 14.3. The highest BCUT2D eigenvalue weighted by Crippen LogP contribution is 2.18. The Bertz CT molecular complexity index is 164. The van der Waals surface area contributed by atoms with E-state index in [1.807, 2.05) is 6.92 Å². The summed E-state index contributed by atoms with van der Waals surface area (Å²) in [5, 5.41) is 9.51. The van der Waals surface area contributed by atoms with Crippen LogP contribution in [0, 0.1) is 5.92 Å². The zero-order chi connectivity index (χ0) is 12.7. The molecule has 98 valence electrons. The van der Waals surface area contributed by atoms with Crippen molar-refractivity contribution in [3.8, 4) is 0 Å². The fraction of sp³-hybridized carbons (Fsp3) is 1.00. The third-order valence-corrected chi connectivity index (χ3v) is 3.24. The maximum absolute atomic E-state index is 9.51. The molecule has 0 aromatic heterocycles. The van der Waals surface area contributed by atoms with Crippen LogP contribution >= 0.6 is 0 Å². The number of aliphatic hydroxyl groups is 1. The zero-order valence-corrected chi connectivity index (χ0v) is 12.0. The van der Waals surface area contributed by atoms with Crippen molar-refractivity contribution in [2.75, 3.05) is 6.54 Å². The van der Waals surface area contributed by atoms with Crippen LogP contribution in [0.3, 0.4) is 0 Å². The predicted octanol–water partition coefficient (Wildman–Crippen LogP) is 3.29. The Balaban J connectivity index is 4.50. The maximum Gasteiger partial charge on any atom is 0.0526 e. The normalized spacial score (nSPS) is 16.1. The standard InChI is InChI=1S/C14H31NO/c1-7-14(8-2)15(10-11(3)4)12(5)9-13(6)16/h11-14,16H,7-10H2,1-6H3. The van der Waals surface area contributed by atoms with Gasteiger partial charge in [-0.25, -0.2) is 0 Å². The van der Waals surface area contributed by atoms with E-state index in [2.05, 4.69) is 39.5 Å². The predicted molar refractivity (Wildman–Crippen MR) is 71.7 cm³/mol. The summed E-state index contributed by atoms with van der Waals surface area (Å²) in [7, 11) is 0. The molecule has 2 heteroatoms. The SMILES string of the molecule is CCC(CC)N(CC(C)C)C(C)CC(C)O. The van der Waals surface area contributed by atoms with E-state index >= 15 is 0 Å². The molecule has 0 amide bonds. The van der Waals surface area contributed by atoms with Crippen LogP contribution in [0.2, 0.25) is 0 Å². The monoisotopic (exact) mass is 229 g/mol. The van der Waals surface area contributed by atoms with Gasteiger partial charge in [0.15, 0.2) is 0 Å². The van der Waals surface area contributed by atoms with Crippen LogP contribution in [0.1, 0.15) is 60.8 Å². The first-order valence-electron chi connectivity index (χ1n) is 6.86. The molecule has 0 saturated heterocycles. The number of hydrogen-bond acceptors (Lipinski definition) is 2. The topological polar surface area (TPSA) is 23.5 Å². The molecule has 2 unspecified atom stereocenters. The highest BCUT2D eigenvalue weighted by Gasteiger charge is 2.22. The smallest absolute Gasteiger partial charge is 0.0526 e. The van der Waals surface area contributed by atoms with Crippen LogP contribution in [-0.4, -0.2) is 34.7 Å². The Labute approximate surface area is 102 Å². The van der Waals surface area contributed by atoms with Gasteiger partial charge in [-0.15, -0.1) is 0 Å². The van der Waals surface area contributed by atoms with E-state index in [1.54, 1.807) is 0 Å². The molecule has 0 spiro atoms. The van der Waals surface area contributed by atoms with E-state index in [1.165, 1.54) is 12.8 Å². The van der Waals surface area contributed by atoms with Gasteiger partial charge in [-0.05, 0) is 39.0 Å². The highest BCUT2D eigenvalue weighted by molar-refractivity contribution is 4.77. The third-order valence-electron chi connectivity index (χ3n) is 3.24. The van der Waals surface area contributed by atoms with E-state index in [4.69, 9.17) is 0 Å². The average Bonchev–Trinajstić information content (AvgIpc) is 2.16. The van der Waals surface area contributed by atoms with Crippen LogP contribution in [0.25, 0.3) is 0 Å². The summed E-state index contributed by atoms with van der Waals surface area (Å²) in [5.41, 5.74) is 0. The minimum atomic E-state index is -0.195. The number of rotatable bonds is 8. The van der Waals surface area contributed by atoms with Gasteiger partial charge in [0.1, 0.15) is 0 Å². The van der Waals surface area contributed by atoms with Gasteiger partial charge in [-0.2, -0.15) is 0 Å². The third kappa shape index (κ3) is 5.86. The molecule has 0 aliphatic carbocycles. The lowest BCUT2D eigenvalue weighted by atomic mass is 10.0. The lowest BCUT2D eigenvalue weighted by molar-refractivity contribution is 0.0759. The fourth-order valence-corrected chi connectivity index (χ4v) is 2.50. The molecule has 0 aromatic rings. The maximum atomic E-state index is 9.51. The van der Waals surface area contributed by atoms with Gasteiger partial charge in [0.25, 0.3) is 0 Å². The molecule has 0 aliphatic rings. The lowest BCUT2D eigenvalue weighted by Gasteiger charge is -2.37. The molecule has 1 N–H and O–H groups in total. The zero-order valence-electron chi connectivity index (χ0n) is 12.0. The van der Waals surface area contributed by atoms with Crippen molar-refractivity contribution in [3.05, 3.63) is 0 Å². The summed E-state index contributed by atoms with van der Waals surface area (Å²) < 4.78 is 0. The molecule has 16 heavy (non-hydrogen) atoms. The second-order valence-corrected chi connectivity index (χ2v) is 5.49. The second-order valence-electron chi connectivity index (χ2n) is 5.49. The van der Waals surface area contributed by atoms with E-state index in [0.717, 1.165) is 13.0 Å². The van der Waals surface area contributed by atoms with Gasteiger partial charge < -0.3 is 5.11 Å². The Kier molecular flexibility index (Phi) is 8.04. The van der Waals surface area contributed by atoms with Gasteiger partial charge in [0.2, 0.25) is 0 Å². The molecular weight excluding hydrogens is 198 g/mol. The van der Waals surface area contributed by atoms with Crippen LogP contribution in [-0.2, 0) is 0 Å². The molecule has 0 bridgehead atoms. The number of hydrogen-bond donors (Lipinski definition) is 1. The van der Waals surface area contributed by atoms with Gasteiger partial charge in [0.05, 0.1) is 6.10 Å². The molecule has 2 atom stereocenters. The Morgan fingerprint density at radius 2 is 1.50 bits per heavy atom. The quantitative estimate of drug-likeness (QED) is 0.690. The summed E-state index contributed by atoms with van der Waals surface area (Å²) in [6.07, 6.45) is 3.09. The molecule has 0 aliphatic heterocycles. The molecule has 0 heterocycles. The summed E-state index contributed by atoms with van der Waals surface area (Å²) in [6, 6.07) is 1.14. The molecule has 2 nitrogen and oxygen atoms in total. The molecule has 0 fully saturated rings. The Hall–Kier alpha value is -0.0800. The lowest BCUT2D eigenvalue weighted by Crippen LogP contribution is -2.44. The molecular formula is C14H31NO. The Morgan fingerprint density at radius 3 is 1.81 bits per heavy atom. The molecule has 0 saturated carbocycles. The van der Waals surface area contributed by atoms with Crippen molar-refractivity contribution in [1.82, 2.24) is 4.90 Å². The van der Waals surface area contributed by atoms with Crippen molar-refractivity contribution >= 4 is 0 Å². The Morgan fingerprint density at radius 1 is 1.00 bits per heavy atom. The average molecular weight is 229 g/mol. The summed E-state index contributed by atoms with van der Waals surface area (Å²) in [4.78, 5) is 2.58. The van der Waals surface area contributed by atoms with Crippen molar-refractivity contribution in [2.45, 2.75) is 79.0 Å². The first-order chi connectivity index (χ1) is 7.42. The first kappa shape index (κ1) is 15.9. The largest absolute Gasteiger partial charge is 0.393 e. The number of aliphatic hydroxyl groups excluding tert-OH is 1. The van der Waals surface area contributed by atoms with Crippen LogP contribution in [0.15, 0.2) is 0 Å². The van der Waals surface area contributed by atoms with Crippen LogP contribution in [0.5, 0.6) is 0 Å². The summed E-state index contributed by atoms with van der Waals surface area (Å²) in [5.74, 6) is 0.692. The van der Waals surface area contributed by atoms with Crippen LogP contribution in [0.4, 0.5) is 0 Å². The highest BCUT2D eigenvalue weighted by atomic mass is 16.3. The van der Waals surface area contributed by atoms with Gasteiger partial charge in [-0.1, -0.05) is 27.7 Å². The molecule has 0 radical (unpaired) electrons. The van der Waals surface area contributed by atoms with Crippen molar-refractivity contribution in [2.24, 2.45) is 5.92 Å². The first-order valence-corrected chi connectivity index (χ1v) is 6.86. The van der Waals surface area contributed by atoms with Crippen molar-refractivity contribution in [3.63, 3.8) is 0 Å². The second kappa shape index (κ2) is 8.08. The van der Waals surface area contributed by atoms with Gasteiger partial charge in [0, 0.05) is 18.6 Å². The number of nitrogens with zero attached hydrogens (tertiary/aromatic N) is 1. The minimum absolute atomic E-state index is 0.195. The summed E-state index contributed by atoms with van der Waals surface area (Å²) >= 11 is 0. The van der Waals surface area contributed by atoms with Crippen LogP contribution < -0.4 is 0 Å². The van der Waals surface area contributed by atoms with E-state index < -0.39 is 0 Å². The van der Waals surface area contributed by atoms with Crippen molar-refractivity contribution < 1.29 is 5.11 Å². The van der Waals surface area contributed by atoms with E-state index in [0.29, 0.717) is 18.0 Å². The van der Waals surface area contributed by atoms with Crippen molar-refractivity contribution in [1.29, 1.82) is 0 Å². The van der Waals surface area contributed by atoms with E-state index in [9.17, 15) is 5.11 Å². The molecule has 0 aromatic carbocycles. The fourth-order valence-electron chi connectivity index (χ4n) is 2.50. The van der Waals surface area contributed by atoms with E-state index in [-0.39, 0.29) is 6.10 Å². The molecule has 0 rings (SSSR count). The van der Waals surface area contributed by atoms with Gasteiger partial charge >= 0.3 is 0 Å². The van der Waals surface area contributed by atoms with Gasteiger partial charge in [-0.3, -0.25) is 4.90 Å². The minimum Gasteiger partial charge on any atom is -0.393 e.